The largest absolute Gasteiger partial charge is 0.497 e. The third kappa shape index (κ3) is 1.92. The quantitative estimate of drug-likeness (QED) is 0.824. The van der Waals surface area contributed by atoms with E-state index in [9.17, 15) is 0 Å². The topological polar surface area (TPSA) is 24.5 Å². The van der Waals surface area contributed by atoms with Gasteiger partial charge >= 0.3 is 0 Å². The fraction of sp³-hybridized carbons (Fsp3) is 0.600. The number of benzene rings is 1. The monoisotopic (exact) mass is 246 g/mol. The number of fused-ring (bicyclic) bond motifs is 1. The molecule has 0 saturated heterocycles. The van der Waals surface area contributed by atoms with Crippen LogP contribution in [0, 0.1) is 5.41 Å². The first-order valence-corrected chi connectivity index (χ1v) is 6.86. The second kappa shape index (κ2) is 4.38. The van der Waals surface area contributed by atoms with Crippen molar-refractivity contribution in [2.75, 3.05) is 37.5 Å². The number of nitrogens with zero attached hydrogens (tertiary/aromatic N) is 1. The zero-order chi connectivity index (χ0) is 12.6. The van der Waals surface area contributed by atoms with Crippen LogP contribution in [0.15, 0.2) is 18.2 Å². The summed E-state index contributed by atoms with van der Waals surface area (Å²) in [4.78, 5) is 2.40. The van der Waals surface area contributed by atoms with Gasteiger partial charge in [-0.3, -0.25) is 0 Å². The molecule has 1 aliphatic heterocycles. The van der Waals surface area contributed by atoms with Crippen molar-refractivity contribution in [2.24, 2.45) is 5.41 Å². The molecular formula is C15H22N2O. The van der Waals surface area contributed by atoms with Crippen molar-refractivity contribution < 1.29 is 4.74 Å². The molecular weight excluding hydrogens is 224 g/mol. The number of nitrogens with one attached hydrogen (secondary N) is 1. The molecule has 2 aliphatic rings. The molecule has 1 N–H and O–H groups in total. The van der Waals surface area contributed by atoms with Crippen molar-refractivity contribution >= 4 is 11.4 Å². The Morgan fingerprint density at radius 1 is 1.28 bits per heavy atom. The Labute approximate surface area is 109 Å². The maximum atomic E-state index is 5.31. The van der Waals surface area contributed by atoms with Gasteiger partial charge in [0.15, 0.2) is 0 Å². The van der Waals surface area contributed by atoms with Crippen LogP contribution in [0.2, 0.25) is 0 Å². The van der Waals surface area contributed by atoms with Crippen molar-refractivity contribution in [3.05, 3.63) is 18.2 Å². The summed E-state index contributed by atoms with van der Waals surface area (Å²) in [6, 6.07) is 6.32. The fourth-order valence-corrected chi connectivity index (χ4v) is 3.50. The van der Waals surface area contributed by atoms with Crippen molar-refractivity contribution in [1.82, 2.24) is 0 Å². The Hall–Kier alpha value is -1.38. The first-order chi connectivity index (χ1) is 8.72. The average Bonchev–Trinajstić information content (AvgIpc) is 2.79. The third-order valence-electron chi connectivity index (χ3n) is 4.51. The van der Waals surface area contributed by atoms with E-state index in [4.69, 9.17) is 4.74 Å². The van der Waals surface area contributed by atoms with Gasteiger partial charge in [-0.2, -0.15) is 0 Å². The second-order valence-corrected chi connectivity index (χ2v) is 5.80. The van der Waals surface area contributed by atoms with Gasteiger partial charge in [0.2, 0.25) is 0 Å². The van der Waals surface area contributed by atoms with Gasteiger partial charge in [-0.1, -0.05) is 12.8 Å². The summed E-state index contributed by atoms with van der Waals surface area (Å²) in [7, 11) is 3.93. The second-order valence-electron chi connectivity index (χ2n) is 5.80. The van der Waals surface area contributed by atoms with Crippen LogP contribution in [-0.4, -0.2) is 27.2 Å². The number of hydrogen-bond donors (Lipinski definition) is 1. The molecule has 3 heteroatoms. The molecule has 0 radical (unpaired) electrons. The normalized spacial score (nSPS) is 21.3. The molecule has 1 spiro atoms. The predicted octanol–water partition coefficient (Wildman–Crippen LogP) is 3.12. The lowest BCUT2D eigenvalue weighted by molar-refractivity contribution is 0.330. The van der Waals surface area contributed by atoms with Crippen LogP contribution in [-0.2, 0) is 0 Å². The van der Waals surface area contributed by atoms with Gasteiger partial charge in [-0.05, 0) is 25.0 Å². The first kappa shape index (κ1) is 11.7. The maximum Gasteiger partial charge on any atom is 0.121 e. The summed E-state index contributed by atoms with van der Waals surface area (Å²) < 4.78 is 5.31. The Morgan fingerprint density at radius 3 is 2.78 bits per heavy atom. The van der Waals surface area contributed by atoms with Gasteiger partial charge in [0, 0.05) is 31.6 Å². The van der Waals surface area contributed by atoms with Crippen LogP contribution >= 0.6 is 0 Å². The Balaban J connectivity index is 1.91. The van der Waals surface area contributed by atoms with E-state index in [1.165, 1.54) is 43.6 Å². The molecule has 1 heterocycles. The van der Waals surface area contributed by atoms with Crippen LogP contribution in [0.3, 0.4) is 0 Å². The van der Waals surface area contributed by atoms with Crippen LogP contribution in [0.5, 0.6) is 5.75 Å². The van der Waals surface area contributed by atoms with E-state index in [-0.39, 0.29) is 0 Å². The summed E-state index contributed by atoms with van der Waals surface area (Å²) >= 11 is 0. The lowest BCUT2D eigenvalue weighted by atomic mass is 9.86. The minimum absolute atomic E-state index is 0.473. The molecule has 98 valence electrons. The minimum Gasteiger partial charge on any atom is -0.497 e. The van der Waals surface area contributed by atoms with Crippen molar-refractivity contribution in [3.63, 3.8) is 0 Å². The van der Waals surface area contributed by atoms with Crippen LogP contribution in [0.1, 0.15) is 25.7 Å². The maximum absolute atomic E-state index is 5.31. The first-order valence-electron chi connectivity index (χ1n) is 6.86. The van der Waals surface area contributed by atoms with Crippen molar-refractivity contribution in [1.29, 1.82) is 0 Å². The number of anilines is 2. The van der Waals surface area contributed by atoms with E-state index in [1.807, 2.05) is 6.07 Å². The molecule has 0 unspecified atom stereocenters. The molecule has 1 aromatic carbocycles. The average molecular weight is 246 g/mol. The molecule has 1 aliphatic carbocycles. The smallest absolute Gasteiger partial charge is 0.121 e. The highest BCUT2D eigenvalue weighted by atomic mass is 16.5. The number of methoxy groups -OCH3 is 1. The van der Waals surface area contributed by atoms with Gasteiger partial charge in [0.1, 0.15) is 5.75 Å². The molecule has 0 amide bonds. The molecule has 18 heavy (non-hydrogen) atoms. The Kier molecular flexibility index (Phi) is 2.84. The molecule has 0 bridgehead atoms. The minimum atomic E-state index is 0.473. The molecule has 0 atom stereocenters. The fourth-order valence-electron chi connectivity index (χ4n) is 3.50. The van der Waals surface area contributed by atoms with E-state index in [1.54, 1.807) is 7.11 Å². The summed E-state index contributed by atoms with van der Waals surface area (Å²) in [5.74, 6) is 0.928. The van der Waals surface area contributed by atoms with Gasteiger partial charge in [-0.15, -0.1) is 0 Å². The summed E-state index contributed by atoms with van der Waals surface area (Å²) in [6.45, 7) is 2.26. The van der Waals surface area contributed by atoms with Crippen LogP contribution < -0.4 is 15.0 Å². The molecule has 1 saturated carbocycles. The molecule has 3 rings (SSSR count). The van der Waals surface area contributed by atoms with Crippen LogP contribution in [0.25, 0.3) is 0 Å². The van der Waals surface area contributed by atoms with Gasteiger partial charge in [0.25, 0.3) is 0 Å². The summed E-state index contributed by atoms with van der Waals surface area (Å²) in [5, 5.41) is 3.64. The molecule has 1 aromatic rings. The molecule has 1 fully saturated rings. The molecule has 3 nitrogen and oxygen atoms in total. The van der Waals surface area contributed by atoms with Gasteiger partial charge in [0.05, 0.1) is 18.5 Å². The van der Waals surface area contributed by atoms with Gasteiger partial charge < -0.3 is 15.0 Å². The van der Waals surface area contributed by atoms with Crippen molar-refractivity contribution in [2.45, 2.75) is 25.7 Å². The highest BCUT2D eigenvalue weighted by Gasteiger charge is 2.37. The zero-order valence-electron chi connectivity index (χ0n) is 11.3. The van der Waals surface area contributed by atoms with Gasteiger partial charge in [-0.25, -0.2) is 0 Å². The molecule has 0 aromatic heterocycles. The van der Waals surface area contributed by atoms with Crippen LogP contribution in [0.4, 0.5) is 11.4 Å². The summed E-state index contributed by atoms with van der Waals surface area (Å²) in [5.41, 5.74) is 2.97. The van der Waals surface area contributed by atoms with E-state index < -0.39 is 0 Å². The lowest BCUT2D eigenvalue weighted by Gasteiger charge is -2.31. The number of hydrogen-bond acceptors (Lipinski definition) is 3. The Morgan fingerprint density at radius 2 is 2.06 bits per heavy atom. The highest BCUT2D eigenvalue weighted by molar-refractivity contribution is 5.72. The summed E-state index contributed by atoms with van der Waals surface area (Å²) in [6.07, 6.45) is 5.48. The number of rotatable bonds is 1. The SMILES string of the molecule is COc1ccc2c(c1)NCC1(CCCC1)CN2C. The van der Waals surface area contributed by atoms with E-state index in [2.05, 4.69) is 29.4 Å². The Bertz CT molecular complexity index is 438. The predicted molar refractivity (Wildman–Crippen MR) is 75.7 cm³/mol. The zero-order valence-corrected chi connectivity index (χ0v) is 11.3. The number of ether oxygens (including phenoxy) is 1. The third-order valence-corrected chi connectivity index (χ3v) is 4.51. The lowest BCUT2D eigenvalue weighted by Crippen LogP contribution is -2.36. The van der Waals surface area contributed by atoms with Crippen molar-refractivity contribution in [3.8, 4) is 5.75 Å². The standard InChI is InChI=1S/C15H22N2O/c1-17-11-15(7-3-4-8-15)10-16-13-9-12(18-2)5-6-14(13)17/h5-6,9,16H,3-4,7-8,10-11H2,1-2H3. The highest BCUT2D eigenvalue weighted by Crippen LogP contribution is 2.43. The van der Waals surface area contributed by atoms with E-state index in [0.717, 1.165) is 12.3 Å². The van der Waals surface area contributed by atoms with E-state index in [0.29, 0.717) is 5.41 Å². The van der Waals surface area contributed by atoms with E-state index >= 15 is 0 Å².